The number of rotatable bonds is 5. The number of hydrogen-bond acceptors (Lipinski definition) is 4. The van der Waals surface area contributed by atoms with Crippen molar-refractivity contribution in [3.05, 3.63) is 41.4 Å². The molecule has 2 rings (SSSR count). The van der Waals surface area contributed by atoms with E-state index >= 15 is 0 Å². The number of ether oxygens (including phenoxy) is 3. The van der Waals surface area contributed by atoms with Crippen LogP contribution in [-0.4, -0.2) is 27.4 Å². The average Bonchev–Trinajstić information content (AvgIpc) is 2.55. The van der Waals surface area contributed by atoms with Gasteiger partial charge in [-0.2, -0.15) is 0 Å². The molecule has 0 aliphatic rings. The Balaban J connectivity index is 2.18. The average molecular weight is 337 g/mol. The monoisotopic (exact) mass is 336 g/mol. The van der Waals surface area contributed by atoms with Crippen molar-refractivity contribution < 1.29 is 19.0 Å². The lowest BCUT2D eigenvalue weighted by Gasteiger charge is -2.14. The molecule has 0 unspecified atom stereocenters. The molecule has 0 fully saturated rings. The van der Waals surface area contributed by atoms with Crippen LogP contribution in [0.3, 0.4) is 0 Å². The van der Waals surface area contributed by atoms with E-state index in [1.807, 2.05) is 0 Å². The van der Waals surface area contributed by atoms with Crippen molar-refractivity contribution in [1.82, 2.24) is 0 Å². The molecule has 0 aromatic heterocycles. The van der Waals surface area contributed by atoms with E-state index in [1.54, 1.807) is 43.5 Å². The summed E-state index contributed by atoms with van der Waals surface area (Å²) in [5.74, 6) is 1.61. The number of halogens is 1. The lowest BCUT2D eigenvalue weighted by atomic mass is 10.2. The Kier molecular flexibility index (Phi) is 5.54. The SMILES string of the molecule is COc1ccc(OC)c(NC(=O)Nc2cc(Cl)ccc2OC)c1. The van der Waals surface area contributed by atoms with Crippen molar-refractivity contribution in [3.8, 4) is 17.2 Å². The molecule has 0 radical (unpaired) electrons. The van der Waals surface area contributed by atoms with Crippen LogP contribution >= 0.6 is 11.6 Å². The largest absolute Gasteiger partial charge is 0.497 e. The van der Waals surface area contributed by atoms with Crippen molar-refractivity contribution >= 4 is 29.0 Å². The summed E-state index contributed by atoms with van der Waals surface area (Å²) in [5.41, 5.74) is 0.935. The molecule has 2 aromatic rings. The third-order valence-electron chi connectivity index (χ3n) is 3.06. The van der Waals surface area contributed by atoms with Crippen LogP contribution in [0.4, 0.5) is 16.2 Å². The molecule has 0 aliphatic carbocycles. The van der Waals surface area contributed by atoms with Gasteiger partial charge in [0.1, 0.15) is 17.2 Å². The molecule has 122 valence electrons. The van der Waals surface area contributed by atoms with E-state index in [4.69, 9.17) is 25.8 Å². The summed E-state index contributed by atoms with van der Waals surface area (Å²) in [7, 11) is 4.57. The van der Waals surface area contributed by atoms with E-state index in [-0.39, 0.29) is 0 Å². The molecule has 0 heterocycles. The normalized spacial score (nSPS) is 9.91. The molecule has 2 amide bonds. The first-order valence-electron chi connectivity index (χ1n) is 6.71. The molecule has 2 aromatic carbocycles. The number of methoxy groups -OCH3 is 3. The fraction of sp³-hybridized carbons (Fsp3) is 0.188. The van der Waals surface area contributed by atoms with Crippen molar-refractivity contribution in [1.29, 1.82) is 0 Å². The lowest BCUT2D eigenvalue weighted by molar-refractivity contribution is 0.262. The van der Waals surface area contributed by atoms with Crippen LogP contribution in [0.25, 0.3) is 0 Å². The Bertz CT molecular complexity index is 706. The van der Waals surface area contributed by atoms with E-state index < -0.39 is 6.03 Å². The number of carbonyl (C=O) groups is 1. The van der Waals surface area contributed by atoms with Gasteiger partial charge in [0.05, 0.1) is 32.7 Å². The van der Waals surface area contributed by atoms with Gasteiger partial charge in [-0.1, -0.05) is 11.6 Å². The fourth-order valence-electron chi connectivity index (χ4n) is 1.97. The second-order valence-corrected chi connectivity index (χ2v) is 4.93. The van der Waals surface area contributed by atoms with E-state index in [9.17, 15) is 4.79 Å². The Labute approximate surface area is 139 Å². The van der Waals surface area contributed by atoms with Gasteiger partial charge in [0.15, 0.2) is 0 Å². The molecule has 7 heteroatoms. The summed E-state index contributed by atoms with van der Waals surface area (Å²) in [6.45, 7) is 0. The number of anilines is 2. The molecule has 0 spiro atoms. The van der Waals surface area contributed by atoms with Crippen LogP contribution in [0.15, 0.2) is 36.4 Å². The zero-order valence-electron chi connectivity index (χ0n) is 13.0. The Morgan fingerprint density at radius 2 is 1.43 bits per heavy atom. The minimum atomic E-state index is -0.461. The molecule has 0 saturated carbocycles. The molecular formula is C16H17ClN2O4. The quantitative estimate of drug-likeness (QED) is 0.865. The van der Waals surface area contributed by atoms with Crippen molar-refractivity contribution in [2.24, 2.45) is 0 Å². The highest BCUT2D eigenvalue weighted by molar-refractivity contribution is 6.31. The first kappa shape index (κ1) is 16.8. The zero-order valence-corrected chi connectivity index (χ0v) is 13.7. The number of hydrogen-bond donors (Lipinski definition) is 2. The highest BCUT2D eigenvalue weighted by Crippen LogP contribution is 2.30. The molecular weight excluding hydrogens is 320 g/mol. The lowest BCUT2D eigenvalue weighted by Crippen LogP contribution is -2.20. The van der Waals surface area contributed by atoms with Crippen molar-refractivity contribution in [2.75, 3.05) is 32.0 Å². The van der Waals surface area contributed by atoms with Crippen LogP contribution in [0.5, 0.6) is 17.2 Å². The minimum Gasteiger partial charge on any atom is -0.497 e. The second kappa shape index (κ2) is 7.60. The fourth-order valence-corrected chi connectivity index (χ4v) is 2.14. The number of nitrogens with one attached hydrogen (secondary N) is 2. The maximum absolute atomic E-state index is 12.2. The highest BCUT2D eigenvalue weighted by atomic mass is 35.5. The summed E-state index contributed by atoms with van der Waals surface area (Å²) in [6.07, 6.45) is 0. The minimum absolute atomic E-state index is 0.458. The summed E-state index contributed by atoms with van der Waals surface area (Å²) >= 11 is 5.94. The van der Waals surface area contributed by atoms with Crippen molar-refractivity contribution in [2.45, 2.75) is 0 Å². The maximum Gasteiger partial charge on any atom is 0.323 e. The molecule has 23 heavy (non-hydrogen) atoms. The molecule has 2 N–H and O–H groups in total. The third kappa shape index (κ3) is 4.20. The predicted molar refractivity (Wildman–Crippen MR) is 90.2 cm³/mol. The van der Waals surface area contributed by atoms with Crippen LogP contribution in [-0.2, 0) is 0 Å². The van der Waals surface area contributed by atoms with Gasteiger partial charge >= 0.3 is 6.03 Å². The van der Waals surface area contributed by atoms with Gasteiger partial charge in [-0.25, -0.2) is 4.79 Å². The van der Waals surface area contributed by atoms with Crippen LogP contribution in [0.2, 0.25) is 5.02 Å². The topological polar surface area (TPSA) is 68.8 Å². The molecule has 0 saturated heterocycles. The molecule has 0 bridgehead atoms. The van der Waals surface area contributed by atoms with Gasteiger partial charge in [-0.3, -0.25) is 0 Å². The maximum atomic E-state index is 12.2. The standard InChI is InChI=1S/C16H17ClN2O4/c1-21-11-5-7-15(23-3)13(9-11)19-16(20)18-12-8-10(17)4-6-14(12)22-2/h4-9H,1-3H3,(H2,18,19,20). The third-order valence-corrected chi connectivity index (χ3v) is 3.30. The van der Waals surface area contributed by atoms with E-state index in [1.165, 1.54) is 14.2 Å². The molecule has 0 aliphatic heterocycles. The Morgan fingerprint density at radius 1 is 0.870 bits per heavy atom. The second-order valence-electron chi connectivity index (χ2n) is 4.49. The van der Waals surface area contributed by atoms with Gasteiger partial charge in [-0.15, -0.1) is 0 Å². The number of amides is 2. The van der Waals surface area contributed by atoms with Crippen LogP contribution in [0, 0.1) is 0 Å². The summed E-state index contributed by atoms with van der Waals surface area (Å²) in [4.78, 5) is 12.2. The Hall–Kier alpha value is -2.60. The van der Waals surface area contributed by atoms with Gasteiger partial charge in [0, 0.05) is 11.1 Å². The summed E-state index contributed by atoms with van der Waals surface area (Å²) < 4.78 is 15.5. The first-order valence-corrected chi connectivity index (χ1v) is 7.08. The van der Waals surface area contributed by atoms with Gasteiger partial charge in [0.25, 0.3) is 0 Å². The van der Waals surface area contributed by atoms with E-state index in [0.717, 1.165) is 0 Å². The van der Waals surface area contributed by atoms with Crippen LogP contribution < -0.4 is 24.8 Å². The molecule has 6 nitrogen and oxygen atoms in total. The summed E-state index contributed by atoms with van der Waals surface area (Å²) in [6, 6.07) is 9.59. The van der Waals surface area contributed by atoms with E-state index in [0.29, 0.717) is 33.6 Å². The van der Waals surface area contributed by atoms with E-state index in [2.05, 4.69) is 10.6 Å². The van der Waals surface area contributed by atoms with Crippen molar-refractivity contribution in [3.63, 3.8) is 0 Å². The molecule has 0 atom stereocenters. The van der Waals surface area contributed by atoms with Gasteiger partial charge in [0.2, 0.25) is 0 Å². The van der Waals surface area contributed by atoms with Gasteiger partial charge < -0.3 is 24.8 Å². The zero-order chi connectivity index (χ0) is 16.8. The number of urea groups is 1. The van der Waals surface area contributed by atoms with Gasteiger partial charge in [-0.05, 0) is 30.3 Å². The first-order chi connectivity index (χ1) is 11.1. The Morgan fingerprint density at radius 3 is 2.00 bits per heavy atom. The van der Waals surface area contributed by atoms with Crippen LogP contribution in [0.1, 0.15) is 0 Å². The number of benzene rings is 2. The highest BCUT2D eigenvalue weighted by Gasteiger charge is 2.12. The summed E-state index contributed by atoms with van der Waals surface area (Å²) in [5, 5.41) is 5.87. The smallest absolute Gasteiger partial charge is 0.323 e. The predicted octanol–water partition coefficient (Wildman–Crippen LogP) is 4.01. The number of carbonyl (C=O) groups excluding carboxylic acids is 1.